The Morgan fingerprint density at radius 2 is 1.71 bits per heavy atom. The first-order valence-electron chi connectivity index (χ1n) is 12.6. The Labute approximate surface area is 235 Å². The van der Waals surface area contributed by atoms with Crippen LogP contribution in [0.3, 0.4) is 0 Å². The number of para-hydroxylation sites is 1. The SMILES string of the molecule is COc1cccc(OC)c1-n1c(NS(=O)(=O)[C@H](C)Cc2ncc(F)cn2)nnc1-c1cccc(C(=O)N2CCC2)n1. The summed E-state index contributed by atoms with van der Waals surface area (Å²) in [6.07, 6.45) is 2.79. The predicted octanol–water partition coefficient (Wildman–Crippen LogP) is 2.49. The Morgan fingerprint density at radius 1 is 1.05 bits per heavy atom. The van der Waals surface area contributed by atoms with Crippen LogP contribution in [0.15, 0.2) is 48.8 Å². The predicted molar refractivity (Wildman–Crippen MR) is 146 cm³/mol. The monoisotopic (exact) mass is 582 g/mol. The number of nitrogens with zero attached hydrogens (tertiary/aromatic N) is 7. The second kappa shape index (κ2) is 11.4. The number of rotatable bonds is 10. The molecule has 13 nitrogen and oxygen atoms in total. The van der Waals surface area contributed by atoms with Crippen molar-refractivity contribution in [2.24, 2.45) is 0 Å². The summed E-state index contributed by atoms with van der Waals surface area (Å²) in [6, 6.07) is 9.98. The van der Waals surface area contributed by atoms with Gasteiger partial charge >= 0.3 is 0 Å². The molecule has 1 saturated heterocycles. The van der Waals surface area contributed by atoms with Gasteiger partial charge in [0.2, 0.25) is 16.0 Å². The molecule has 214 valence electrons. The number of hydrogen-bond acceptors (Lipinski definition) is 10. The van der Waals surface area contributed by atoms with E-state index in [9.17, 15) is 17.6 Å². The molecular weight excluding hydrogens is 555 g/mol. The van der Waals surface area contributed by atoms with Gasteiger partial charge in [-0.25, -0.2) is 27.8 Å². The zero-order chi connectivity index (χ0) is 29.1. The first kappa shape index (κ1) is 27.9. The Morgan fingerprint density at radius 3 is 2.32 bits per heavy atom. The lowest BCUT2D eigenvalue weighted by molar-refractivity contribution is 0.0646. The van der Waals surface area contributed by atoms with E-state index in [1.54, 1.807) is 41.3 Å². The molecule has 15 heteroatoms. The first-order valence-corrected chi connectivity index (χ1v) is 14.2. The number of ether oxygens (including phenoxy) is 2. The minimum atomic E-state index is -4.10. The number of likely N-dealkylation sites (tertiary alicyclic amines) is 1. The molecule has 1 atom stereocenters. The number of carbonyl (C=O) groups is 1. The number of sulfonamides is 1. The molecule has 1 fully saturated rings. The van der Waals surface area contributed by atoms with Crippen LogP contribution >= 0.6 is 0 Å². The molecule has 1 N–H and O–H groups in total. The highest BCUT2D eigenvalue weighted by atomic mass is 32.2. The minimum Gasteiger partial charge on any atom is -0.494 e. The van der Waals surface area contributed by atoms with E-state index in [1.165, 1.54) is 25.7 Å². The van der Waals surface area contributed by atoms with E-state index >= 15 is 0 Å². The van der Waals surface area contributed by atoms with Crippen molar-refractivity contribution in [2.45, 2.75) is 25.0 Å². The van der Waals surface area contributed by atoms with Gasteiger partial charge in [0.1, 0.15) is 34.4 Å². The quantitative estimate of drug-likeness (QED) is 0.295. The molecule has 0 aliphatic carbocycles. The summed E-state index contributed by atoms with van der Waals surface area (Å²) < 4.78 is 55.1. The van der Waals surface area contributed by atoms with Gasteiger partial charge in [0.25, 0.3) is 5.91 Å². The average Bonchev–Trinajstić information content (AvgIpc) is 3.35. The molecule has 5 rings (SSSR count). The highest BCUT2D eigenvalue weighted by Crippen LogP contribution is 2.37. The lowest BCUT2D eigenvalue weighted by Gasteiger charge is -2.30. The Kier molecular flexibility index (Phi) is 7.79. The highest BCUT2D eigenvalue weighted by molar-refractivity contribution is 7.93. The molecule has 0 radical (unpaired) electrons. The van der Waals surface area contributed by atoms with Crippen LogP contribution in [0.2, 0.25) is 0 Å². The molecule has 1 amide bonds. The number of methoxy groups -OCH3 is 2. The summed E-state index contributed by atoms with van der Waals surface area (Å²) in [5.74, 6) is -0.0346. The molecule has 0 spiro atoms. The standard InChI is InChI=1S/C26H27FN8O5S/c1-16(13-22-28-14-17(27)15-29-22)41(37,38)33-26-32-31-24(35(26)23-20(39-2)9-5-10-21(23)40-3)18-7-4-8-19(30-18)25(36)34-11-6-12-34/h4-5,7-10,14-16H,6,11-13H2,1-3H3,(H,32,33)/t16-/m1/s1. The maximum atomic E-state index is 13.4. The van der Waals surface area contributed by atoms with Crippen LogP contribution in [-0.2, 0) is 16.4 Å². The summed E-state index contributed by atoms with van der Waals surface area (Å²) in [6.45, 7) is 2.78. The van der Waals surface area contributed by atoms with E-state index in [0.29, 0.717) is 30.3 Å². The summed E-state index contributed by atoms with van der Waals surface area (Å²) in [5, 5.41) is 7.36. The van der Waals surface area contributed by atoms with Gasteiger partial charge < -0.3 is 14.4 Å². The lowest BCUT2D eigenvalue weighted by Crippen LogP contribution is -2.42. The molecule has 1 aromatic carbocycles. The second-order valence-corrected chi connectivity index (χ2v) is 11.3. The molecule has 4 heterocycles. The van der Waals surface area contributed by atoms with Crippen molar-refractivity contribution in [3.8, 4) is 28.7 Å². The van der Waals surface area contributed by atoms with Gasteiger partial charge in [-0.15, -0.1) is 10.2 Å². The van der Waals surface area contributed by atoms with E-state index in [1.807, 2.05) is 0 Å². The summed E-state index contributed by atoms with van der Waals surface area (Å²) in [7, 11) is -1.18. The normalized spacial score (nSPS) is 13.8. The van der Waals surface area contributed by atoms with Gasteiger partial charge in [0.15, 0.2) is 11.6 Å². The van der Waals surface area contributed by atoms with Crippen LogP contribution in [0.5, 0.6) is 11.5 Å². The number of nitrogens with one attached hydrogen (secondary N) is 1. The van der Waals surface area contributed by atoms with Crippen molar-refractivity contribution >= 4 is 21.9 Å². The molecular formula is C26H27FN8O5S. The molecule has 0 unspecified atom stereocenters. The maximum absolute atomic E-state index is 13.4. The van der Waals surface area contributed by atoms with Gasteiger partial charge in [0, 0.05) is 19.5 Å². The fourth-order valence-electron chi connectivity index (χ4n) is 4.18. The Balaban J connectivity index is 1.59. The number of anilines is 1. The molecule has 1 aliphatic heterocycles. The van der Waals surface area contributed by atoms with Gasteiger partial charge in [-0.2, -0.15) is 0 Å². The Bertz CT molecular complexity index is 1650. The van der Waals surface area contributed by atoms with Crippen molar-refractivity contribution in [1.29, 1.82) is 0 Å². The van der Waals surface area contributed by atoms with Gasteiger partial charge in [-0.1, -0.05) is 12.1 Å². The second-order valence-electron chi connectivity index (χ2n) is 9.23. The number of hydrogen-bond donors (Lipinski definition) is 1. The molecule has 0 bridgehead atoms. The summed E-state index contributed by atoms with van der Waals surface area (Å²) >= 11 is 0. The van der Waals surface area contributed by atoms with E-state index in [2.05, 4.69) is 29.9 Å². The van der Waals surface area contributed by atoms with Crippen LogP contribution in [0, 0.1) is 5.82 Å². The number of halogens is 1. The van der Waals surface area contributed by atoms with Crippen molar-refractivity contribution in [3.63, 3.8) is 0 Å². The van der Waals surface area contributed by atoms with Crippen molar-refractivity contribution in [3.05, 3.63) is 66.1 Å². The highest BCUT2D eigenvalue weighted by Gasteiger charge is 2.30. The number of pyridine rings is 1. The number of amides is 1. The fourth-order valence-corrected chi connectivity index (χ4v) is 5.14. The summed E-state index contributed by atoms with van der Waals surface area (Å²) in [5.41, 5.74) is 0.805. The average molecular weight is 583 g/mol. The van der Waals surface area contributed by atoms with Gasteiger partial charge in [-0.05, 0) is 37.6 Å². The van der Waals surface area contributed by atoms with Gasteiger partial charge in [0.05, 0.1) is 31.9 Å². The van der Waals surface area contributed by atoms with E-state index in [-0.39, 0.29) is 41.3 Å². The third-order valence-corrected chi connectivity index (χ3v) is 8.23. The van der Waals surface area contributed by atoms with Crippen LogP contribution in [0.4, 0.5) is 10.3 Å². The zero-order valence-corrected chi connectivity index (χ0v) is 23.3. The lowest BCUT2D eigenvalue weighted by atomic mass is 10.2. The van der Waals surface area contributed by atoms with Crippen molar-refractivity contribution in [2.75, 3.05) is 32.0 Å². The van der Waals surface area contributed by atoms with Crippen LogP contribution in [0.1, 0.15) is 29.7 Å². The van der Waals surface area contributed by atoms with Gasteiger partial charge in [-0.3, -0.25) is 14.1 Å². The molecule has 1 aliphatic rings. The largest absolute Gasteiger partial charge is 0.494 e. The van der Waals surface area contributed by atoms with Crippen LogP contribution < -0.4 is 14.2 Å². The maximum Gasteiger partial charge on any atom is 0.272 e. The summed E-state index contributed by atoms with van der Waals surface area (Å²) in [4.78, 5) is 26.8. The van der Waals surface area contributed by atoms with E-state index in [4.69, 9.17) is 9.47 Å². The van der Waals surface area contributed by atoms with Crippen LogP contribution in [-0.4, -0.2) is 81.5 Å². The molecule has 3 aromatic heterocycles. The van der Waals surface area contributed by atoms with E-state index < -0.39 is 21.1 Å². The minimum absolute atomic E-state index is 0.0865. The third kappa shape index (κ3) is 5.66. The number of benzene rings is 1. The number of aromatic nitrogens is 6. The van der Waals surface area contributed by atoms with E-state index in [0.717, 1.165) is 18.8 Å². The number of carbonyl (C=O) groups excluding carboxylic acids is 1. The third-order valence-electron chi connectivity index (χ3n) is 6.54. The zero-order valence-electron chi connectivity index (χ0n) is 22.5. The van der Waals surface area contributed by atoms with Crippen LogP contribution in [0.25, 0.3) is 17.2 Å². The Hall–Kier alpha value is -4.66. The smallest absolute Gasteiger partial charge is 0.272 e. The molecule has 41 heavy (non-hydrogen) atoms. The first-order chi connectivity index (χ1) is 19.7. The molecule has 0 saturated carbocycles. The fraction of sp³-hybridized carbons (Fsp3) is 0.308. The van der Waals surface area contributed by atoms with Crippen molar-refractivity contribution < 1.29 is 27.1 Å². The molecule has 4 aromatic rings. The van der Waals surface area contributed by atoms with Crippen molar-refractivity contribution in [1.82, 2.24) is 34.6 Å². The topological polar surface area (TPSA) is 154 Å².